The minimum Gasteiger partial charge on any atom is -0.491 e. The zero-order valence-electron chi connectivity index (χ0n) is 20.4. The van der Waals surface area contributed by atoms with Crippen molar-refractivity contribution in [2.75, 3.05) is 19.7 Å². The summed E-state index contributed by atoms with van der Waals surface area (Å²) in [4.78, 5) is 32.6. The molecule has 6 nitrogen and oxygen atoms in total. The highest BCUT2D eigenvalue weighted by Gasteiger charge is 2.42. The van der Waals surface area contributed by atoms with Crippen molar-refractivity contribution in [2.24, 2.45) is 11.3 Å². The van der Waals surface area contributed by atoms with Crippen LogP contribution in [0.5, 0.6) is 5.75 Å². The Morgan fingerprint density at radius 1 is 1.21 bits per heavy atom. The molecule has 0 radical (unpaired) electrons. The highest BCUT2D eigenvalue weighted by Crippen LogP contribution is 2.38. The summed E-state index contributed by atoms with van der Waals surface area (Å²) in [5.41, 5.74) is 3.03. The highest BCUT2D eigenvalue weighted by molar-refractivity contribution is 7.07. The second-order valence-corrected chi connectivity index (χ2v) is 10.9. The van der Waals surface area contributed by atoms with Crippen LogP contribution >= 0.6 is 11.3 Å². The van der Waals surface area contributed by atoms with E-state index in [1.165, 1.54) is 16.9 Å². The first-order valence-electron chi connectivity index (χ1n) is 12.7. The van der Waals surface area contributed by atoms with Gasteiger partial charge in [-0.25, -0.2) is 4.98 Å². The van der Waals surface area contributed by atoms with Crippen molar-refractivity contribution in [1.29, 1.82) is 0 Å². The Balaban J connectivity index is 1.49. The van der Waals surface area contributed by atoms with Gasteiger partial charge in [0.2, 0.25) is 5.91 Å². The Kier molecular flexibility index (Phi) is 8.24. The van der Waals surface area contributed by atoms with E-state index < -0.39 is 5.41 Å². The molecule has 1 fully saturated rings. The van der Waals surface area contributed by atoms with E-state index in [-0.39, 0.29) is 17.9 Å². The summed E-state index contributed by atoms with van der Waals surface area (Å²) in [5, 5.41) is 5.17. The molecular formula is C27H37N3O3S. The summed E-state index contributed by atoms with van der Waals surface area (Å²) in [6, 6.07) is 8.25. The van der Waals surface area contributed by atoms with Crippen LogP contribution in [0.15, 0.2) is 35.2 Å². The average Bonchev–Trinajstić information content (AvgIpc) is 3.37. The summed E-state index contributed by atoms with van der Waals surface area (Å²) in [7, 11) is 0. The standard InChI is InChI=1S/C27H37N3O3S/c1-20(2)16-22-17-33-24-10-6-5-9-21(24)8-4-3-7-11-27(26(32)29-22)12-14-30(15-13-27)25(31)23-18-34-19-28-23/h5-6,9-10,18-20,22H,3-4,7-8,11-17H2,1-2H3,(H,29,32)/t22-/m0/s1. The molecule has 2 aliphatic rings. The number of carbonyl (C=O) groups excluding carboxylic acids is 2. The Hall–Kier alpha value is -2.41. The van der Waals surface area contributed by atoms with Crippen molar-refractivity contribution >= 4 is 23.2 Å². The van der Waals surface area contributed by atoms with Gasteiger partial charge in [-0.3, -0.25) is 9.59 Å². The van der Waals surface area contributed by atoms with Crippen LogP contribution in [0.1, 0.15) is 74.8 Å². The summed E-state index contributed by atoms with van der Waals surface area (Å²) < 4.78 is 6.26. The van der Waals surface area contributed by atoms with Crippen LogP contribution in [-0.2, 0) is 11.2 Å². The van der Waals surface area contributed by atoms with E-state index in [9.17, 15) is 9.59 Å². The lowest BCUT2D eigenvalue weighted by atomic mass is 9.73. The van der Waals surface area contributed by atoms with Gasteiger partial charge in [0.1, 0.15) is 18.1 Å². The lowest BCUT2D eigenvalue weighted by molar-refractivity contribution is -0.135. The molecule has 184 valence electrons. The molecule has 4 rings (SSSR count). The minimum atomic E-state index is -0.422. The number of likely N-dealkylation sites (tertiary alicyclic amines) is 1. The van der Waals surface area contributed by atoms with Gasteiger partial charge in [-0.1, -0.05) is 44.9 Å². The van der Waals surface area contributed by atoms with E-state index in [0.29, 0.717) is 44.1 Å². The molecule has 2 amide bonds. The van der Waals surface area contributed by atoms with Crippen molar-refractivity contribution in [1.82, 2.24) is 15.2 Å². The van der Waals surface area contributed by atoms with E-state index >= 15 is 0 Å². The van der Waals surface area contributed by atoms with Crippen LogP contribution < -0.4 is 10.1 Å². The number of nitrogens with zero attached hydrogens (tertiary/aromatic N) is 2. The lowest BCUT2D eigenvalue weighted by Crippen LogP contribution is -2.53. The van der Waals surface area contributed by atoms with Crippen molar-refractivity contribution in [2.45, 2.75) is 71.3 Å². The number of para-hydroxylation sites is 1. The van der Waals surface area contributed by atoms with Gasteiger partial charge in [-0.05, 0) is 56.1 Å². The van der Waals surface area contributed by atoms with Crippen LogP contribution in [0.25, 0.3) is 0 Å². The molecule has 1 spiro atoms. The lowest BCUT2D eigenvalue weighted by Gasteiger charge is -2.41. The molecule has 1 aromatic carbocycles. The average molecular weight is 484 g/mol. The Bertz CT molecular complexity index is 952. The molecule has 0 aliphatic carbocycles. The molecule has 1 N–H and O–H groups in total. The molecule has 0 bridgehead atoms. The van der Waals surface area contributed by atoms with Gasteiger partial charge >= 0.3 is 0 Å². The molecule has 0 saturated carbocycles. The van der Waals surface area contributed by atoms with E-state index in [1.54, 1.807) is 10.9 Å². The fourth-order valence-corrected chi connectivity index (χ4v) is 5.81. The third-order valence-electron chi connectivity index (χ3n) is 7.25. The second-order valence-electron chi connectivity index (χ2n) is 10.2. The summed E-state index contributed by atoms with van der Waals surface area (Å²) in [6.45, 7) is 6.03. The molecule has 1 atom stereocenters. The molecule has 0 unspecified atom stereocenters. The number of amides is 2. The van der Waals surface area contributed by atoms with E-state index in [2.05, 4.69) is 36.3 Å². The number of hydrogen-bond donors (Lipinski definition) is 1. The van der Waals surface area contributed by atoms with Gasteiger partial charge in [0.05, 0.1) is 17.0 Å². The van der Waals surface area contributed by atoms with Crippen molar-refractivity contribution in [3.63, 3.8) is 0 Å². The van der Waals surface area contributed by atoms with Crippen molar-refractivity contribution in [3.8, 4) is 5.75 Å². The van der Waals surface area contributed by atoms with Gasteiger partial charge in [-0.15, -0.1) is 11.3 Å². The molecule has 34 heavy (non-hydrogen) atoms. The summed E-state index contributed by atoms with van der Waals surface area (Å²) in [5.74, 6) is 1.50. The van der Waals surface area contributed by atoms with Gasteiger partial charge in [0.15, 0.2) is 0 Å². The van der Waals surface area contributed by atoms with Gasteiger partial charge in [-0.2, -0.15) is 0 Å². The smallest absolute Gasteiger partial charge is 0.273 e. The highest BCUT2D eigenvalue weighted by atomic mass is 32.1. The quantitative estimate of drug-likeness (QED) is 0.660. The summed E-state index contributed by atoms with van der Waals surface area (Å²) >= 11 is 1.43. The number of benzene rings is 1. The number of nitrogens with one attached hydrogen (secondary N) is 1. The summed E-state index contributed by atoms with van der Waals surface area (Å²) in [6.07, 6.45) is 7.32. The van der Waals surface area contributed by atoms with Gasteiger partial charge < -0.3 is 15.0 Å². The number of thiazole rings is 1. The minimum absolute atomic E-state index is 0.0231. The van der Waals surface area contributed by atoms with Crippen LogP contribution in [0, 0.1) is 11.3 Å². The predicted molar refractivity (Wildman–Crippen MR) is 135 cm³/mol. The van der Waals surface area contributed by atoms with Gasteiger partial charge in [0.25, 0.3) is 5.91 Å². The Labute approximate surface area is 207 Å². The number of carbonyl (C=O) groups is 2. The first-order chi connectivity index (χ1) is 16.5. The first-order valence-corrected chi connectivity index (χ1v) is 13.6. The number of ether oxygens (including phenoxy) is 1. The largest absolute Gasteiger partial charge is 0.491 e. The second kappa shape index (κ2) is 11.3. The SMILES string of the molecule is CC(C)C[C@H]1COc2ccccc2CCCCCC2(CCN(C(=O)c3cscn3)CC2)C(=O)N1. The number of aryl methyl sites for hydroxylation is 1. The number of fused-ring (bicyclic) bond motifs is 1. The van der Waals surface area contributed by atoms with E-state index in [0.717, 1.165) is 44.3 Å². The Morgan fingerprint density at radius 2 is 2.00 bits per heavy atom. The van der Waals surface area contributed by atoms with Crippen LogP contribution in [0.4, 0.5) is 0 Å². The number of aromatic nitrogens is 1. The maximum absolute atomic E-state index is 13.8. The van der Waals surface area contributed by atoms with E-state index in [4.69, 9.17) is 4.74 Å². The Morgan fingerprint density at radius 3 is 2.74 bits per heavy atom. The maximum atomic E-state index is 13.8. The van der Waals surface area contributed by atoms with Crippen molar-refractivity contribution < 1.29 is 14.3 Å². The van der Waals surface area contributed by atoms with Crippen molar-refractivity contribution in [3.05, 3.63) is 46.4 Å². The predicted octanol–water partition coefficient (Wildman–Crippen LogP) is 5.09. The molecule has 7 heteroatoms. The maximum Gasteiger partial charge on any atom is 0.273 e. The molecule has 1 saturated heterocycles. The van der Waals surface area contributed by atoms with E-state index in [1.807, 2.05) is 17.0 Å². The first kappa shape index (κ1) is 24.7. The van der Waals surface area contributed by atoms with Crippen LogP contribution in [0.2, 0.25) is 0 Å². The number of hydrogen-bond acceptors (Lipinski definition) is 5. The third-order valence-corrected chi connectivity index (χ3v) is 7.83. The zero-order chi connectivity index (χ0) is 24.0. The molecule has 3 heterocycles. The molecule has 2 aromatic rings. The normalized spacial score (nSPS) is 21.6. The van der Waals surface area contributed by atoms with Gasteiger partial charge in [0, 0.05) is 18.5 Å². The third kappa shape index (κ3) is 5.98. The topological polar surface area (TPSA) is 71.5 Å². The van der Waals surface area contributed by atoms with Crippen LogP contribution in [-0.4, -0.2) is 47.4 Å². The zero-order valence-corrected chi connectivity index (χ0v) is 21.2. The molecule has 2 aliphatic heterocycles. The molecule has 1 aromatic heterocycles. The molecular weight excluding hydrogens is 446 g/mol. The van der Waals surface area contributed by atoms with Crippen LogP contribution in [0.3, 0.4) is 0 Å². The fraction of sp³-hybridized carbons (Fsp3) is 0.593. The number of piperidine rings is 1. The monoisotopic (exact) mass is 483 g/mol. The fourth-order valence-electron chi connectivity index (χ4n) is 5.28. The number of rotatable bonds is 3.